The Kier molecular flexibility index (Phi) is 2.95. The molecule has 2 aliphatic rings. The van der Waals surface area contributed by atoms with Crippen molar-refractivity contribution in [3.8, 4) is 0 Å². The number of nitrogens with zero attached hydrogens (tertiary/aromatic N) is 2. The first-order chi connectivity index (χ1) is 8.70. The molecule has 1 aromatic heterocycles. The summed E-state index contributed by atoms with van der Waals surface area (Å²) >= 11 is 5.76. The van der Waals surface area contributed by atoms with Gasteiger partial charge in [0.15, 0.2) is 0 Å². The van der Waals surface area contributed by atoms with Crippen molar-refractivity contribution in [2.45, 2.75) is 19.3 Å². The molecule has 5 nitrogen and oxygen atoms in total. The van der Waals surface area contributed by atoms with Crippen molar-refractivity contribution in [1.82, 2.24) is 15.3 Å². The number of piperidine rings is 1. The lowest BCUT2D eigenvalue weighted by Gasteiger charge is -2.23. The summed E-state index contributed by atoms with van der Waals surface area (Å²) < 4.78 is 0. The number of halogens is 1. The summed E-state index contributed by atoms with van der Waals surface area (Å²) in [5, 5.41) is 6.41. The van der Waals surface area contributed by atoms with E-state index in [0.717, 1.165) is 32.4 Å². The lowest BCUT2D eigenvalue weighted by atomic mass is 9.92. The van der Waals surface area contributed by atoms with Gasteiger partial charge in [0.05, 0.1) is 0 Å². The minimum Gasteiger partial charge on any atom is -0.317 e. The Labute approximate surface area is 110 Å². The van der Waals surface area contributed by atoms with Gasteiger partial charge in [0.25, 0.3) is 0 Å². The van der Waals surface area contributed by atoms with Crippen LogP contribution in [0.4, 0.5) is 5.95 Å². The summed E-state index contributed by atoms with van der Waals surface area (Å²) in [7, 11) is 0. The molecule has 1 saturated heterocycles. The monoisotopic (exact) mass is 266 g/mol. The second-order valence-corrected chi connectivity index (χ2v) is 5.45. The van der Waals surface area contributed by atoms with E-state index >= 15 is 0 Å². The van der Waals surface area contributed by atoms with Gasteiger partial charge in [-0.2, -0.15) is 0 Å². The molecule has 1 aromatic rings. The third kappa shape index (κ3) is 2.20. The lowest BCUT2D eigenvalue weighted by Crippen LogP contribution is -2.31. The Morgan fingerprint density at radius 3 is 3.00 bits per heavy atom. The second-order valence-electron chi connectivity index (χ2n) is 5.06. The van der Waals surface area contributed by atoms with Crippen LogP contribution >= 0.6 is 11.6 Å². The molecule has 1 aliphatic carbocycles. The van der Waals surface area contributed by atoms with Crippen LogP contribution in [0.1, 0.15) is 19.3 Å². The smallest absolute Gasteiger partial charge is 0.230 e. The first-order valence-electron chi connectivity index (χ1n) is 6.20. The van der Waals surface area contributed by atoms with Gasteiger partial charge in [-0.1, -0.05) is 11.6 Å². The number of amides is 1. The van der Waals surface area contributed by atoms with Crippen molar-refractivity contribution in [3.63, 3.8) is 0 Å². The number of hydrogen-bond donors (Lipinski definition) is 2. The van der Waals surface area contributed by atoms with E-state index in [1.165, 1.54) is 6.20 Å². The highest BCUT2D eigenvalue weighted by Gasteiger charge is 2.57. The fourth-order valence-electron chi connectivity index (χ4n) is 2.79. The molecule has 2 heterocycles. The van der Waals surface area contributed by atoms with Crippen molar-refractivity contribution in [3.05, 3.63) is 17.4 Å². The van der Waals surface area contributed by atoms with Gasteiger partial charge in [-0.15, -0.1) is 0 Å². The van der Waals surface area contributed by atoms with Crippen LogP contribution in [-0.4, -0.2) is 29.0 Å². The van der Waals surface area contributed by atoms with Crippen molar-refractivity contribution >= 4 is 23.5 Å². The Morgan fingerprint density at radius 1 is 1.50 bits per heavy atom. The highest BCUT2D eigenvalue weighted by atomic mass is 35.5. The van der Waals surface area contributed by atoms with Gasteiger partial charge in [0, 0.05) is 12.1 Å². The molecule has 1 unspecified atom stereocenters. The van der Waals surface area contributed by atoms with E-state index in [4.69, 9.17) is 11.6 Å². The van der Waals surface area contributed by atoms with Crippen LogP contribution in [0.25, 0.3) is 0 Å². The number of aromatic nitrogens is 2. The molecule has 3 rings (SSSR count). The van der Waals surface area contributed by atoms with E-state index in [0.29, 0.717) is 11.1 Å². The molecule has 2 fully saturated rings. The van der Waals surface area contributed by atoms with Crippen LogP contribution in [0.15, 0.2) is 12.3 Å². The Morgan fingerprint density at radius 2 is 2.28 bits per heavy atom. The van der Waals surface area contributed by atoms with Crippen LogP contribution in [-0.2, 0) is 4.79 Å². The van der Waals surface area contributed by atoms with Crippen molar-refractivity contribution < 1.29 is 4.79 Å². The number of rotatable bonds is 2. The van der Waals surface area contributed by atoms with Crippen LogP contribution in [0.2, 0.25) is 5.15 Å². The van der Waals surface area contributed by atoms with Gasteiger partial charge >= 0.3 is 0 Å². The number of nitrogens with one attached hydrogen (secondary N) is 2. The molecule has 0 aromatic carbocycles. The molecule has 6 heteroatoms. The molecular formula is C12H15ClN4O. The van der Waals surface area contributed by atoms with E-state index in [2.05, 4.69) is 20.6 Å². The minimum absolute atomic E-state index is 0.0270. The number of anilines is 1. The molecular weight excluding hydrogens is 252 g/mol. The molecule has 1 aliphatic heterocycles. The topological polar surface area (TPSA) is 66.9 Å². The van der Waals surface area contributed by atoms with E-state index in [-0.39, 0.29) is 17.2 Å². The van der Waals surface area contributed by atoms with E-state index in [1.54, 1.807) is 6.07 Å². The van der Waals surface area contributed by atoms with E-state index < -0.39 is 0 Å². The largest absolute Gasteiger partial charge is 0.317 e. The molecule has 18 heavy (non-hydrogen) atoms. The second kappa shape index (κ2) is 4.48. The lowest BCUT2D eigenvalue weighted by molar-refractivity contribution is -0.118. The fourth-order valence-corrected chi connectivity index (χ4v) is 2.93. The summed E-state index contributed by atoms with van der Waals surface area (Å²) in [5.74, 6) is 0.435. The fraction of sp³-hybridized carbons (Fsp3) is 0.583. The average molecular weight is 267 g/mol. The van der Waals surface area contributed by atoms with Crippen LogP contribution in [0, 0.1) is 11.3 Å². The summed E-state index contributed by atoms with van der Waals surface area (Å²) in [4.78, 5) is 20.1. The summed E-state index contributed by atoms with van der Waals surface area (Å²) in [6, 6.07) is 1.59. The van der Waals surface area contributed by atoms with Gasteiger partial charge in [-0.3, -0.25) is 10.1 Å². The molecule has 96 valence electrons. The maximum absolute atomic E-state index is 12.1. The normalized spacial score (nSPS) is 24.8. The number of hydrogen-bond acceptors (Lipinski definition) is 4. The first-order valence-corrected chi connectivity index (χ1v) is 6.58. The average Bonchev–Trinajstić information content (AvgIpc) is 3.04. The van der Waals surface area contributed by atoms with Gasteiger partial charge < -0.3 is 5.32 Å². The summed E-state index contributed by atoms with van der Waals surface area (Å²) in [6.07, 6.45) is 4.70. The summed E-state index contributed by atoms with van der Waals surface area (Å²) in [6.45, 7) is 2.02. The predicted molar refractivity (Wildman–Crippen MR) is 68.3 cm³/mol. The van der Waals surface area contributed by atoms with Crippen LogP contribution < -0.4 is 10.6 Å². The van der Waals surface area contributed by atoms with Crippen LogP contribution in [0.3, 0.4) is 0 Å². The van der Waals surface area contributed by atoms with Gasteiger partial charge in [0.2, 0.25) is 11.9 Å². The number of carbonyl (C=O) groups excluding carboxylic acids is 1. The quantitative estimate of drug-likeness (QED) is 0.796. The maximum Gasteiger partial charge on any atom is 0.230 e. The molecule has 2 N–H and O–H groups in total. The molecule has 1 spiro atoms. The van der Waals surface area contributed by atoms with Crippen LogP contribution in [0.5, 0.6) is 0 Å². The van der Waals surface area contributed by atoms with Gasteiger partial charge in [-0.05, 0) is 43.8 Å². The maximum atomic E-state index is 12.1. The molecule has 0 bridgehead atoms. The Balaban J connectivity index is 1.63. The molecule has 1 amide bonds. The highest BCUT2D eigenvalue weighted by molar-refractivity contribution is 6.29. The van der Waals surface area contributed by atoms with Crippen molar-refractivity contribution in [2.24, 2.45) is 11.3 Å². The van der Waals surface area contributed by atoms with E-state index in [1.807, 2.05) is 0 Å². The summed E-state index contributed by atoms with van der Waals surface area (Å²) in [5.41, 5.74) is 0.230. The molecule has 1 saturated carbocycles. The first kappa shape index (κ1) is 11.9. The SMILES string of the molecule is O=C(Nc1nccc(Cl)n1)C1CC12CCNCC2. The van der Waals surface area contributed by atoms with Crippen molar-refractivity contribution in [1.29, 1.82) is 0 Å². The van der Waals surface area contributed by atoms with Crippen molar-refractivity contribution in [2.75, 3.05) is 18.4 Å². The zero-order chi connectivity index (χ0) is 12.6. The molecule has 0 radical (unpaired) electrons. The third-order valence-corrected chi connectivity index (χ3v) is 4.17. The zero-order valence-electron chi connectivity index (χ0n) is 9.95. The molecule has 1 atom stereocenters. The van der Waals surface area contributed by atoms with Gasteiger partial charge in [0.1, 0.15) is 5.15 Å². The third-order valence-electron chi connectivity index (χ3n) is 3.96. The van der Waals surface area contributed by atoms with Gasteiger partial charge in [-0.25, -0.2) is 9.97 Å². The Bertz CT molecular complexity index is 473. The zero-order valence-corrected chi connectivity index (χ0v) is 10.7. The Hall–Kier alpha value is -1.20. The highest BCUT2D eigenvalue weighted by Crippen LogP contribution is 2.58. The minimum atomic E-state index is 0.0270. The number of carbonyl (C=O) groups is 1. The standard InChI is InChI=1S/C12H15ClN4O/c13-9-1-4-15-11(16-9)17-10(18)8-7-12(8)2-5-14-6-3-12/h1,4,8,14H,2-3,5-7H2,(H,15,16,17,18). The van der Waals surface area contributed by atoms with E-state index in [9.17, 15) is 4.79 Å². The predicted octanol–water partition coefficient (Wildman–Crippen LogP) is 1.46.